The molecule has 0 aromatic carbocycles. The van der Waals surface area contributed by atoms with E-state index in [0.29, 0.717) is 22.3 Å². The van der Waals surface area contributed by atoms with Crippen molar-refractivity contribution in [1.29, 1.82) is 0 Å². The highest BCUT2D eigenvalue weighted by molar-refractivity contribution is 5.13. The number of hydrogen-bond acceptors (Lipinski definition) is 1. The van der Waals surface area contributed by atoms with Crippen molar-refractivity contribution in [2.45, 2.75) is 125 Å². The van der Waals surface area contributed by atoms with Gasteiger partial charge in [-0.15, -0.1) is 0 Å². The van der Waals surface area contributed by atoms with Gasteiger partial charge in [0, 0.05) is 6.04 Å². The number of hydrogen-bond donors (Lipinski definition) is 1. The topological polar surface area (TPSA) is 26.0 Å². The molecule has 4 fully saturated rings. The van der Waals surface area contributed by atoms with Gasteiger partial charge in [0.1, 0.15) is 0 Å². The van der Waals surface area contributed by atoms with Gasteiger partial charge in [-0.25, -0.2) is 0 Å². The third-order valence-electron chi connectivity index (χ3n) is 11.6. The highest BCUT2D eigenvalue weighted by Gasteiger charge is 2.63. The van der Waals surface area contributed by atoms with Gasteiger partial charge in [-0.05, 0) is 110 Å². The second kappa shape index (κ2) is 7.83. The Morgan fingerprint density at radius 2 is 1.59 bits per heavy atom. The van der Waals surface area contributed by atoms with Crippen molar-refractivity contribution in [2.24, 2.45) is 57.5 Å². The zero-order valence-electron chi connectivity index (χ0n) is 20.6. The molecule has 2 N–H and O–H groups in total. The van der Waals surface area contributed by atoms with E-state index in [9.17, 15) is 0 Å². The predicted molar refractivity (Wildman–Crippen MR) is 126 cm³/mol. The van der Waals surface area contributed by atoms with Gasteiger partial charge in [-0.3, -0.25) is 0 Å². The molecule has 0 aliphatic heterocycles. The number of rotatable bonds is 5. The Labute approximate surface area is 182 Å². The fraction of sp³-hybridized carbons (Fsp3) is 1.00. The Balaban J connectivity index is 1.49. The van der Waals surface area contributed by atoms with E-state index in [1.807, 2.05) is 0 Å². The molecule has 1 heteroatoms. The third-order valence-corrected chi connectivity index (χ3v) is 11.6. The van der Waals surface area contributed by atoms with Crippen molar-refractivity contribution in [2.75, 3.05) is 0 Å². The number of nitrogens with two attached hydrogens (primary N) is 1. The smallest absolute Gasteiger partial charge is 0.00444 e. The standard InChI is InChI=1S/C28H51N/c1-19(2)8-7-9-20(3)23-10-11-24-22-13-15-26(4)18-21(29)12-17-28(26,6)25(22)14-16-27(23,24)5/h19-25H,7-18,29H2,1-6H3/t20?,21?,22?,23?,24?,25?,26-,27?,28?/m0/s1. The summed E-state index contributed by atoms with van der Waals surface area (Å²) in [5.41, 5.74) is 8.15. The Bertz CT molecular complexity index is 583. The lowest BCUT2D eigenvalue weighted by molar-refractivity contribution is -0.157. The highest BCUT2D eigenvalue weighted by Crippen LogP contribution is 2.71. The highest BCUT2D eigenvalue weighted by atomic mass is 14.7. The summed E-state index contributed by atoms with van der Waals surface area (Å²) >= 11 is 0. The van der Waals surface area contributed by atoms with Gasteiger partial charge in [0.25, 0.3) is 0 Å². The zero-order valence-corrected chi connectivity index (χ0v) is 20.6. The van der Waals surface area contributed by atoms with Crippen LogP contribution in [0.4, 0.5) is 0 Å². The summed E-state index contributed by atoms with van der Waals surface area (Å²) in [6.45, 7) is 15.4. The van der Waals surface area contributed by atoms with Crippen LogP contribution in [0.3, 0.4) is 0 Å². The summed E-state index contributed by atoms with van der Waals surface area (Å²) in [6.07, 6.45) is 17.3. The van der Waals surface area contributed by atoms with Crippen molar-refractivity contribution >= 4 is 0 Å². The molecule has 0 amide bonds. The summed E-state index contributed by atoms with van der Waals surface area (Å²) in [4.78, 5) is 0. The van der Waals surface area contributed by atoms with Gasteiger partial charge in [-0.1, -0.05) is 60.8 Å². The molecular formula is C28H51N. The minimum Gasteiger partial charge on any atom is -0.328 e. The molecular weight excluding hydrogens is 350 g/mol. The second-order valence-electron chi connectivity index (χ2n) is 13.4. The lowest BCUT2D eigenvalue weighted by atomic mass is 9.40. The minimum atomic E-state index is 0.459. The van der Waals surface area contributed by atoms with Crippen LogP contribution in [0, 0.1) is 51.8 Å². The maximum atomic E-state index is 6.47. The molecule has 0 heterocycles. The summed E-state index contributed by atoms with van der Waals surface area (Å²) in [5.74, 6) is 5.77. The molecule has 0 saturated heterocycles. The van der Waals surface area contributed by atoms with Crippen molar-refractivity contribution in [3.63, 3.8) is 0 Å². The first-order valence-corrected chi connectivity index (χ1v) is 13.4. The van der Waals surface area contributed by atoms with Gasteiger partial charge in [0.15, 0.2) is 0 Å². The van der Waals surface area contributed by atoms with E-state index in [2.05, 4.69) is 41.5 Å². The summed E-state index contributed by atoms with van der Waals surface area (Å²) in [6, 6.07) is 0.459. The van der Waals surface area contributed by atoms with Gasteiger partial charge < -0.3 is 5.73 Å². The lowest BCUT2D eigenvalue weighted by Crippen LogP contribution is -2.59. The Morgan fingerprint density at radius 3 is 2.31 bits per heavy atom. The van der Waals surface area contributed by atoms with E-state index in [1.54, 1.807) is 0 Å². The van der Waals surface area contributed by atoms with E-state index < -0.39 is 0 Å². The van der Waals surface area contributed by atoms with E-state index in [1.165, 1.54) is 77.0 Å². The van der Waals surface area contributed by atoms with Gasteiger partial charge >= 0.3 is 0 Å². The molecule has 0 radical (unpaired) electrons. The van der Waals surface area contributed by atoms with Crippen LogP contribution in [0.1, 0.15) is 119 Å². The molecule has 4 aliphatic carbocycles. The first kappa shape index (κ1) is 22.2. The Hall–Kier alpha value is -0.0400. The van der Waals surface area contributed by atoms with Crippen molar-refractivity contribution < 1.29 is 0 Å². The molecule has 1 nitrogen and oxygen atoms in total. The molecule has 0 spiro atoms. The molecule has 4 rings (SSSR count). The van der Waals surface area contributed by atoms with Gasteiger partial charge in [-0.2, -0.15) is 0 Å². The van der Waals surface area contributed by atoms with E-state index in [0.717, 1.165) is 35.5 Å². The molecule has 0 bridgehead atoms. The third kappa shape index (κ3) is 3.54. The normalized spacial score (nSPS) is 50.7. The fourth-order valence-electron chi connectivity index (χ4n) is 9.71. The van der Waals surface area contributed by atoms with E-state index in [-0.39, 0.29) is 0 Å². The Morgan fingerprint density at radius 1 is 0.828 bits per heavy atom. The van der Waals surface area contributed by atoms with E-state index in [4.69, 9.17) is 5.73 Å². The predicted octanol–water partition coefficient (Wildman–Crippen LogP) is 7.83. The SMILES string of the molecule is CC(C)CCCC(C)C1CCC2C3CC[C@@]4(C)CC(N)CCC4(C)C3CCC12C. The minimum absolute atomic E-state index is 0.459. The van der Waals surface area contributed by atoms with Crippen LogP contribution in [-0.2, 0) is 0 Å². The maximum Gasteiger partial charge on any atom is 0.00444 e. The Kier molecular flexibility index (Phi) is 5.98. The summed E-state index contributed by atoms with van der Waals surface area (Å²) in [7, 11) is 0. The molecule has 4 saturated carbocycles. The zero-order chi connectivity index (χ0) is 21.0. The molecule has 8 unspecified atom stereocenters. The van der Waals surface area contributed by atoms with Gasteiger partial charge in [0.2, 0.25) is 0 Å². The van der Waals surface area contributed by atoms with Crippen LogP contribution in [0.5, 0.6) is 0 Å². The first-order chi connectivity index (χ1) is 13.6. The van der Waals surface area contributed by atoms with Crippen LogP contribution in [0.15, 0.2) is 0 Å². The molecule has 168 valence electrons. The largest absolute Gasteiger partial charge is 0.328 e. The summed E-state index contributed by atoms with van der Waals surface area (Å²) < 4.78 is 0. The molecule has 0 aromatic rings. The molecule has 4 aliphatic rings. The quantitative estimate of drug-likeness (QED) is 0.499. The van der Waals surface area contributed by atoms with Crippen molar-refractivity contribution in [3.05, 3.63) is 0 Å². The molecule has 29 heavy (non-hydrogen) atoms. The number of fused-ring (bicyclic) bond motifs is 5. The molecule has 0 aromatic heterocycles. The van der Waals surface area contributed by atoms with Crippen LogP contribution in [0.25, 0.3) is 0 Å². The second-order valence-corrected chi connectivity index (χ2v) is 13.4. The van der Waals surface area contributed by atoms with Crippen LogP contribution in [-0.4, -0.2) is 6.04 Å². The first-order valence-electron chi connectivity index (χ1n) is 13.4. The van der Waals surface area contributed by atoms with E-state index >= 15 is 0 Å². The monoisotopic (exact) mass is 401 g/mol. The average molecular weight is 402 g/mol. The maximum absolute atomic E-state index is 6.47. The van der Waals surface area contributed by atoms with Crippen molar-refractivity contribution in [1.82, 2.24) is 0 Å². The average Bonchev–Trinajstić information content (AvgIpc) is 2.99. The van der Waals surface area contributed by atoms with Gasteiger partial charge in [0.05, 0.1) is 0 Å². The van der Waals surface area contributed by atoms with Crippen LogP contribution >= 0.6 is 0 Å². The van der Waals surface area contributed by atoms with Crippen molar-refractivity contribution in [3.8, 4) is 0 Å². The fourth-order valence-corrected chi connectivity index (χ4v) is 9.71. The lowest BCUT2D eigenvalue weighted by Gasteiger charge is -2.65. The summed E-state index contributed by atoms with van der Waals surface area (Å²) in [5, 5.41) is 0. The van der Waals surface area contributed by atoms with Crippen LogP contribution < -0.4 is 5.73 Å². The van der Waals surface area contributed by atoms with Crippen LogP contribution in [0.2, 0.25) is 0 Å². The molecule has 9 atom stereocenters.